The summed E-state index contributed by atoms with van der Waals surface area (Å²) in [5.41, 5.74) is -0.542. The second kappa shape index (κ2) is 6.58. The SMILES string of the molecule is CC(C)(C)OC([O-])=NCC(=S)N1CSCC1CO. The minimum absolute atomic E-state index is 0.0383. The second-order valence-corrected chi connectivity index (χ2v) is 6.47. The third kappa shape index (κ3) is 4.99. The molecular weight excluding hydrogens is 272 g/mol. The summed E-state index contributed by atoms with van der Waals surface area (Å²) in [6.45, 7) is 5.58. The molecule has 0 radical (unpaired) electrons. The van der Waals surface area contributed by atoms with Gasteiger partial charge in [-0.15, -0.1) is 11.8 Å². The molecule has 1 N–H and O–H groups in total. The van der Waals surface area contributed by atoms with Crippen LogP contribution in [0.4, 0.5) is 0 Å². The fourth-order valence-electron chi connectivity index (χ4n) is 1.43. The van der Waals surface area contributed by atoms with Crippen molar-refractivity contribution in [2.24, 2.45) is 4.99 Å². The molecule has 0 aromatic rings. The van der Waals surface area contributed by atoms with Gasteiger partial charge in [-0.2, -0.15) is 0 Å². The van der Waals surface area contributed by atoms with Crippen molar-refractivity contribution in [1.29, 1.82) is 0 Å². The lowest BCUT2D eigenvalue weighted by atomic mass is 10.2. The molecule has 1 rings (SSSR count). The van der Waals surface area contributed by atoms with E-state index >= 15 is 0 Å². The molecule has 18 heavy (non-hydrogen) atoms. The van der Waals surface area contributed by atoms with E-state index in [1.807, 2.05) is 4.90 Å². The van der Waals surface area contributed by atoms with E-state index in [1.54, 1.807) is 32.5 Å². The van der Waals surface area contributed by atoms with Gasteiger partial charge in [0, 0.05) is 11.4 Å². The molecule has 1 unspecified atom stereocenters. The standard InChI is InChI=1S/C11H20N2O3S2/c1-11(2,3)16-10(15)12-4-9(17)13-7-18-6-8(13)5-14/h8,14H,4-7H2,1-3H3,(H,12,15)/p-1. The predicted molar refractivity (Wildman–Crippen MR) is 75.8 cm³/mol. The van der Waals surface area contributed by atoms with Crippen molar-refractivity contribution >= 4 is 35.1 Å². The minimum atomic E-state index is -0.600. The molecule has 1 heterocycles. The number of ether oxygens (including phenoxy) is 1. The Bertz CT molecular complexity index is 329. The zero-order valence-electron chi connectivity index (χ0n) is 10.9. The number of nitrogens with zero attached hydrogens (tertiary/aromatic N) is 2. The Morgan fingerprint density at radius 2 is 2.28 bits per heavy atom. The first-order valence-electron chi connectivity index (χ1n) is 5.72. The molecule has 0 amide bonds. The van der Waals surface area contributed by atoms with E-state index < -0.39 is 11.7 Å². The van der Waals surface area contributed by atoms with Gasteiger partial charge in [0.25, 0.3) is 0 Å². The molecule has 0 aromatic carbocycles. The zero-order chi connectivity index (χ0) is 13.8. The molecule has 0 aliphatic carbocycles. The van der Waals surface area contributed by atoms with Crippen LogP contribution < -0.4 is 5.11 Å². The first-order chi connectivity index (χ1) is 8.33. The maximum atomic E-state index is 11.4. The molecule has 0 bridgehead atoms. The number of aliphatic hydroxyl groups is 1. The summed E-state index contributed by atoms with van der Waals surface area (Å²) in [5, 5.41) is 20.6. The molecule has 1 saturated heterocycles. The minimum Gasteiger partial charge on any atom is -0.595 e. The Morgan fingerprint density at radius 3 is 2.83 bits per heavy atom. The highest BCUT2D eigenvalue weighted by atomic mass is 32.2. The number of aliphatic imine (C=N–C) groups is 1. The Morgan fingerprint density at radius 1 is 1.61 bits per heavy atom. The van der Waals surface area contributed by atoms with Gasteiger partial charge in [-0.05, 0) is 0 Å². The molecule has 1 fully saturated rings. The van der Waals surface area contributed by atoms with E-state index in [2.05, 4.69) is 4.99 Å². The van der Waals surface area contributed by atoms with Gasteiger partial charge in [0.05, 0.1) is 25.1 Å². The summed E-state index contributed by atoms with van der Waals surface area (Å²) in [6.07, 6.45) is -0.600. The average molecular weight is 291 g/mol. The smallest absolute Gasteiger partial charge is 0.146 e. The first-order valence-corrected chi connectivity index (χ1v) is 7.28. The molecule has 104 valence electrons. The monoisotopic (exact) mass is 291 g/mol. The van der Waals surface area contributed by atoms with Gasteiger partial charge >= 0.3 is 0 Å². The third-order valence-electron chi connectivity index (χ3n) is 2.25. The van der Waals surface area contributed by atoms with Crippen LogP contribution in [0, 0.1) is 0 Å². The van der Waals surface area contributed by atoms with Crippen LogP contribution in [-0.4, -0.2) is 57.5 Å². The van der Waals surface area contributed by atoms with Gasteiger partial charge in [0.15, 0.2) is 0 Å². The Kier molecular flexibility index (Phi) is 5.68. The number of thioether (sulfide) groups is 1. The Labute approximate surface area is 117 Å². The van der Waals surface area contributed by atoms with Crippen LogP contribution in [0.1, 0.15) is 20.8 Å². The third-order valence-corrected chi connectivity index (χ3v) is 3.69. The summed E-state index contributed by atoms with van der Waals surface area (Å²) in [7, 11) is 0. The van der Waals surface area contributed by atoms with Crippen molar-refractivity contribution in [3.05, 3.63) is 0 Å². The molecule has 0 spiro atoms. The van der Waals surface area contributed by atoms with Gasteiger partial charge in [-0.25, -0.2) is 0 Å². The number of thiocarbonyl (C=S) groups is 1. The van der Waals surface area contributed by atoms with Gasteiger partial charge in [-0.3, -0.25) is 4.99 Å². The van der Waals surface area contributed by atoms with Crippen LogP contribution in [-0.2, 0) is 4.74 Å². The van der Waals surface area contributed by atoms with Crippen LogP contribution >= 0.6 is 24.0 Å². The lowest BCUT2D eigenvalue weighted by Crippen LogP contribution is -2.40. The van der Waals surface area contributed by atoms with Gasteiger partial charge in [0.2, 0.25) is 0 Å². The summed E-state index contributed by atoms with van der Waals surface area (Å²) in [4.78, 5) is 6.27. The molecule has 1 aliphatic rings. The van der Waals surface area contributed by atoms with Crippen LogP contribution in [0.5, 0.6) is 0 Å². The summed E-state index contributed by atoms with van der Waals surface area (Å²) in [6, 6.07) is 0.0383. The number of aliphatic hydroxyl groups excluding tert-OH is 1. The van der Waals surface area contributed by atoms with E-state index in [-0.39, 0.29) is 19.2 Å². The van der Waals surface area contributed by atoms with Crippen molar-refractivity contribution in [2.75, 3.05) is 24.8 Å². The highest BCUT2D eigenvalue weighted by Crippen LogP contribution is 2.21. The Balaban J connectivity index is 2.47. The van der Waals surface area contributed by atoms with Crippen LogP contribution in [0.2, 0.25) is 0 Å². The van der Waals surface area contributed by atoms with E-state index in [0.717, 1.165) is 11.6 Å². The molecular formula is C11H19N2O3S2-. The molecule has 0 aromatic heterocycles. The first kappa shape index (κ1) is 15.5. The average Bonchev–Trinajstić information content (AvgIpc) is 2.71. The molecule has 5 nitrogen and oxygen atoms in total. The van der Waals surface area contributed by atoms with E-state index in [4.69, 9.17) is 17.0 Å². The molecule has 0 saturated carbocycles. The summed E-state index contributed by atoms with van der Waals surface area (Å²) >= 11 is 6.92. The fraction of sp³-hybridized carbons (Fsp3) is 0.818. The van der Waals surface area contributed by atoms with Crippen LogP contribution in [0.3, 0.4) is 0 Å². The highest BCUT2D eigenvalue weighted by Gasteiger charge is 2.25. The maximum Gasteiger partial charge on any atom is 0.146 e. The number of hydrogen-bond acceptors (Lipinski definition) is 6. The normalized spacial score (nSPS) is 21.2. The number of hydrogen-bond donors (Lipinski definition) is 1. The predicted octanol–water partition coefficient (Wildman–Crippen LogP) is 0.212. The Hall–Kier alpha value is -0.530. The largest absolute Gasteiger partial charge is 0.595 e. The van der Waals surface area contributed by atoms with Crippen molar-refractivity contribution in [2.45, 2.75) is 32.4 Å². The second-order valence-electron chi connectivity index (χ2n) is 5.00. The van der Waals surface area contributed by atoms with Gasteiger partial charge < -0.3 is 19.8 Å². The zero-order valence-corrected chi connectivity index (χ0v) is 12.5. The van der Waals surface area contributed by atoms with Gasteiger partial charge in [0.1, 0.15) is 11.1 Å². The van der Waals surface area contributed by atoms with Crippen molar-refractivity contribution < 1.29 is 14.9 Å². The topological polar surface area (TPSA) is 68.1 Å². The summed E-state index contributed by atoms with van der Waals surface area (Å²) < 4.78 is 5.07. The van der Waals surface area contributed by atoms with E-state index in [9.17, 15) is 10.2 Å². The lowest BCUT2D eigenvalue weighted by molar-refractivity contribution is -0.260. The van der Waals surface area contributed by atoms with Crippen LogP contribution in [0.15, 0.2) is 4.99 Å². The van der Waals surface area contributed by atoms with E-state index in [0.29, 0.717) is 4.99 Å². The van der Waals surface area contributed by atoms with Crippen molar-refractivity contribution in [1.82, 2.24) is 4.90 Å². The van der Waals surface area contributed by atoms with Crippen molar-refractivity contribution in [3.8, 4) is 0 Å². The summed E-state index contributed by atoms with van der Waals surface area (Å²) in [5.74, 6) is 1.59. The fourth-order valence-corrected chi connectivity index (χ4v) is 3.01. The van der Waals surface area contributed by atoms with E-state index in [1.165, 1.54) is 0 Å². The number of rotatable bonds is 3. The van der Waals surface area contributed by atoms with Crippen molar-refractivity contribution in [3.63, 3.8) is 0 Å². The molecule has 1 aliphatic heterocycles. The lowest BCUT2D eigenvalue weighted by Gasteiger charge is -2.30. The van der Waals surface area contributed by atoms with Gasteiger partial charge in [-0.1, -0.05) is 33.0 Å². The molecule has 1 atom stereocenters. The quantitative estimate of drug-likeness (QED) is 0.455. The molecule has 7 heteroatoms. The van der Waals surface area contributed by atoms with Crippen LogP contribution in [0.25, 0.3) is 0 Å². The maximum absolute atomic E-state index is 11.4. The highest BCUT2D eigenvalue weighted by molar-refractivity contribution is 7.99.